The maximum atomic E-state index is 14.3. The van der Waals surface area contributed by atoms with Crippen LogP contribution in [-0.4, -0.2) is 25.2 Å². The summed E-state index contributed by atoms with van der Waals surface area (Å²) in [5, 5.41) is 6.66. The number of aromatic nitrogens is 4. The molecule has 7 nitrogen and oxygen atoms in total. The fourth-order valence-corrected chi connectivity index (χ4v) is 2.47. The predicted octanol–water partition coefficient (Wildman–Crippen LogP) is 1.17. The first-order valence-electron chi connectivity index (χ1n) is 7.54. The van der Waals surface area contributed by atoms with Crippen LogP contribution in [0.4, 0.5) is 4.39 Å². The van der Waals surface area contributed by atoms with E-state index in [1.165, 1.54) is 25.2 Å². The topological polar surface area (TPSA) is 81.8 Å². The van der Waals surface area contributed by atoms with Crippen molar-refractivity contribution in [3.63, 3.8) is 0 Å². The Hall–Kier alpha value is -3.29. The van der Waals surface area contributed by atoms with Crippen molar-refractivity contribution in [3.8, 4) is 0 Å². The highest BCUT2D eigenvalue weighted by Crippen LogP contribution is 2.23. The van der Waals surface area contributed by atoms with Crippen molar-refractivity contribution in [1.82, 2.24) is 24.6 Å². The highest BCUT2D eigenvalue weighted by Gasteiger charge is 2.24. The largest absolute Gasteiger partial charge is 0.336 e. The summed E-state index contributed by atoms with van der Waals surface area (Å²) in [6.07, 6.45) is 3.28. The predicted molar refractivity (Wildman–Crippen MR) is 88.4 cm³/mol. The minimum atomic E-state index is -0.798. The van der Waals surface area contributed by atoms with Gasteiger partial charge in [0.05, 0.1) is 0 Å². The zero-order valence-electron chi connectivity index (χ0n) is 13.7. The van der Waals surface area contributed by atoms with Crippen molar-refractivity contribution >= 4 is 5.91 Å². The summed E-state index contributed by atoms with van der Waals surface area (Å²) in [6, 6.07) is 7.95. The lowest BCUT2D eigenvalue weighted by Gasteiger charge is -2.19. The Morgan fingerprint density at radius 1 is 1.20 bits per heavy atom. The van der Waals surface area contributed by atoms with E-state index in [0.29, 0.717) is 5.82 Å². The normalized spacial score (nSPS) is 12.0. The molecule has 1 aromatic carbocycles. The number of carbonyl (C=O) groups is 1. The lowest BCUT2D eigenvalue weighted by molar-refractivity contribution is 0.0933. The summed E-state index contributed by atoms with van der Waals surface area (Å²) < 4.78 is 17.0. The number of amides is 1. The second kappa shape index (κ2) is 6.68. The quantitative estimate of drug-likeness (QED) is 0.772. The Morgan fingerprint density at radius 2 is 1.96 bits per heavy atom. The van der Waals surface area contributed by atoms with E-state index in [9.17, 15) is 14.0 Å². The molecular weight excluding hydrogens is 325 g/mol. The summed E-state index contributed by atoms with van der Waals surface area (Å²) in [5.74, 6) is -0.514. The van der Waals surface area contributed by atoms with Crippen LogP contribution in [0, 0.1) is 5.82 Å². The Labute approximate surface area is 142 Å². The van der Waals surface area contributed by atoms with Crippen molar-refractivity contribution in [3.05, 3.63) is 82.0 Å². The first kappa shape index (κ1) is 16.6. The van der Waals surface area contributed by atoms with Gasteiger partial charge in [-0.15, -0.1) is 0 Å². The van der Waals surface area contributed by atoms with Gasteiger partial charge < -0.3 is 9.88 Å². The fourth-order valence-electron chi connectivity index (χ4n) is 2.47. The Bertz CT molecular complexity index is 979. The molecule has 8 heteroatoms. The number of aryl methyl sites for hydroxylation is 2. The van der Waals surface area contributed by atoms with Gasteiger partial charge in [0.25, 0.3) is 11.5 Å². The number of rotatable bonds is 4. The molecule has 0 radical (unpaired) electrons. The van der Waals surface area contributed by atoms with E-state index >= 15 is 0 Å². The molecule has 2 heterocycles. The molecule has 0 aliphatic rings. The van der Waals surface area contributed by atoms with Gasteiger partial charge in [0.15, 0.2) is 0 Å². The number of nitrogens with zero attached hydrogens (tertiary/aromatic N) is 4. The van der Waals surface area contributed by atoms with Crippen LogP contribution in [0.3, 0.4) is 0 Å². The summed E-state index contributed by atoms with van der Waals surface area (Å²) in [5.41, 5.74) is 0.0129. The maximum Gasteiger partial charge on any atom is 0.272 e. The molecule has 0 saturated heterocycles. The standard InChI is InChI=1S/C17H16FN5O2/c1-22-10-9-19-16(22)15(11-5-3-4-6-12(11)18)20-17(25)13-7-8-14(24)23(2)21-13/h3-10,15H,1-2H3,(H,20,25). The number of carbonyl (C=O) groups excluding carboxylic acids is 1. The molecule has 2 aromatic heterocycles. The van der Waals surface area contributed by atoms with Crippen molar-refractivity contribution in [2.24, 2.45) is 14.1 Å². The zero-order valence-corrected chi connectivity index (χ0v) is 13.7. The van der Waals surface area contributed by atoms with Gasteiger partial charge in [-0.1, -0.05) is 18.2 Å². The Morgan fingerprint density at radius 3 is 2.60 bits per heavy atom. The lowest BCUT2D eigenvalue weighted by atomic mass is 10.1. The summed E-state index contributed by atoms with van der Waals surface area (Å²) in [4.78, 5) is 28.2. The van der Waals surface area contributed by atoms with Crippen LogP contribution in [0.5, 0.6) is 0 Å². The summed E-state index contributed by atoms with van der Waals surface area (Å²) in [7, 11) is 3.21. The summed E-state index contributed by atoms with van der Waals surface area (Å²) in [6.45, 7) is 0. The van der Waals surface area contributed by atoms with Crippen LogP contribution in [0.2, 0.25) is 0 Å². The van der Waals surface area contributed by atoms with Crippen molar-refractivity contribution in [1.29, 1.82) is 0 Å². The van der Waals surface area contributed by atoms with Crippen LogP contribution >= 0.6 is 0 Å². The third kappa shape index (κ3) is 3.32. The first-order valence-corrected chi connectivity index (χ1v) is 7.54. The SMILES string of the molecule is Cn1ccnc1C(NC(=O)c1ccc(=O)n(C)n1)c1ccccc1F. The second-order valence-electron chi connectivity index (χ2n) is 5.50. The molecule has 3 aromatic rings. The fraction of sp³-hybridized carbons (Fsp3) is 0.176. The van der Waals surface area contributed by atoms with E-state index in [0.717, 1.165) is 4.68 Å². The third-order valence-corrected chi connectivity index (χ3v) is 3.80. The molecule has 128 valence electrons. The minimum Gasteiger partial charge on any atom is -0.336 e. The number of nitrogens with one attached hydrogen (secondary N) is 1. The maximum absolute atomic E-state index is 14.3. The molecule has 0 aliphatic heterocycles. The molecule has 1 N–H and O–H groups in total. The molecule has 0 aliphatic carbocycles. The zero-order chi connectivity index (χ0) is 18.0. The molecule has 1 atom stereocenters. The van der Waals surface area contributed by atoms with Gasteiger partial charge in [-0.25, -0.2) is 14.1 Å². The van der Waals surface area contributed by atoms with Gasteiger partial charge in [-0.2, -0.15) is 5.10 Å². The monoisotopic (exact) mass is 341 g/mol. The highest BCUT2D eigenvalue weighted by atomic mass is 19.1. The van der Waals surface area contributed by atoms with Crippen LogP contribution in [-0.2, 0) is 14.1 Å². The van der Waals surface area contributed by atoms with Gasteiger partial charge in [-0.3, -0.25) is 9.59 Å². The van der Waals surface area contributed by atoms with Crippen LogP contribution < -0.4 is 10.9 Å². The van der Waals surface area contributed by atoms with E-state index in [1.54, 1.807) is 42.2 Å². The third-order valence-electron chi connectivity index (χ3n) is 3.80. The molecule has 0 saturated carbocycles. The van der Waals surface area contributed by atoms with Crippen molar-refractivity contribution in [2.45, 2.75) is 6.04 Å². The van der Waals surface area contributed by atoms with E-state index in [1.807, 2.05) is 0 Å². The van der Waals surface area contributed by atoms with Gasteiger partial charge in [0, 0.05) is 38.1 Å². The molecule has 25 heavy (non-hydrogen) atoms. The van der Waals surface area contributed by atoms with E-state index < -0.39 is 17.8 Å². The number of benzene rings is 1. The smallest absolute Gasteiger partial charge is 0.272 e. The highest BCUT2D eigenvalue weighted by molar-refractivity contribution is 5.92. The number of hydrogen-bond acceptors (Lipinski definition) is 4. The number of imidazole rings is 1. The molecule has 0 fully saturated rings. The van der Waals surface area contributed by atoms with Crippen LogP contribution in [0.15, 0.2) is 53.6 Å². The Balaban J connectivity index is 1.99. The molecule has 3 rings (SSSR count). The van der Waals surface area contributed by atoms with E-state index in [2.05, 4.69) is 15.4 Å². The summed E-state index contributed by atoms with van der Waals surface area (Å²) >= 11 is 0. The van der Waals surface area contributed by atoms with Gasteiger partial charge in [0.2, 0.25) is 0 Å². The number of hydrogen-bond donors (Lipinski definition) is 1. The Kier molecular flexibility index (Phi) is 4.42. The second-order valence-corrected chi connectivity index (χ2v) is 5.50. The molecule has 1 amide bonds. The van der Waals surface area contributed by atoms with Crippen molar-refractivity contribution in [2.75, 3.05) is 0 Å². The van der Waals surface area contributed by atoms with Crippen LogP contribution in [0.25, 0.3) is 0 Å². The minimum absolute atomic E-state index is 0.0534. The first-order chi connectivity index (χ1) is 12.0. The van der Waals surface area contributed by atoms with Gasteiger partial charge >= 0.3 is 0 Å². The molecule has 0 bridgehead atoms. The average Bonchev–Trinajstić information content (AvgIpc) is 3.01. The van der Waals surface area contributed by atoms with E-state index in [4.69, 9.17) is 0 Å². The molecule has 0 spiro atoms. The molecule has 1 unspecified atom stereocenters. The van der Waals surface area contributed by atoms with Crippen LogP contribution in [0.1, 0.15) is 27.9 Å². The average molecular weight is 341 g/mol. The molecular formula is C17H16FN5O2. The lowest BCUT2D eigenvalue weighted by Crippen LogP contribution is -2.33. The van der Waals surface area contributed by atoms with Gasteiger partial charge in [0.1, 0.15) is 23.4 Å². The van der Waals surface area contributed by atoms with Crippen molar-refractivity contribution < 1.29 is 9.18 Å². The van der Waals surface area contributed by atoms with E-state index in [-0.39, 0.29) is 16.8 Å². The van der Waals surface area contributed by atoms with Gasteiger partial charge in [-0.05, 0) is 12.1 Å². The number of halogens is 1.